The van der Waals surface area contributed by atoms with E-state index in [0.717, 1.165) is 56.5 Å². The molecule has 0 radical (unpaired) electrons. The number of nitrogens with zero attached hydrogens (tertiary/aromatic N) is 1. The fraction of sp³-hybridized carbons (Fsp3) is 0.478. The minimum absolute atomic E-state index is 0. The molecule has 2 aromatic carbocycles. The Bertz CT molecular complexity index is 804. The molecule has 0 bridgehead atoms. The predicted octanol–water partition coefficient (Wildman–Crippen LogP) is 4.50. The Morgan fingerprint density at radius 1 is 1.10 bits per heavy atom. The molecule has 0 unspecified atom stereocenters. The van der Waals surface area contributed by atoms with Crippen LogP contribution in [0.3, 0.4) is 0 Å². The molecule has 2 aromatic rings. The zero-order chi connectivity index (χ0) is 20.1. The third-order valence-corrected chi connectivity index (χ3v) is 5.68. The van der Waals surface area contributed by atoms with Gasteiger partial charge in [-0.05, 0) is 55.6 Å². The van der Waals surface area contributed by atoms with Crippen molar-refractivity contribution in [3.63, 3.8) is 0 Å². The summed E-state index contributed by atoms with van der Waals surface area (Å²) in [5.41, 5.74) is 1.18. The summed E-state index contributed by atoms with van der Waals surface area (Å²) in [4.78, 5) is 2.43. The van der Waals surface area contributed by atoms with Crippen LogP contribution in [0.1, 0.15) is 24.8 Å². The van der Waals surface area contributed by atoms with E-state index in [4.69, 9.17) is 18.9 Å². The molecule has 4 rings (SSSR count). The molecule has 7 heteroatoms. The Morgan fingerprint density at radius 2 is 1.90 bits per heavy atom. The van der Waals surface area contributed by atoms with Crippen molar-refractivity contribution < 1.29 is 23.3 Å². The van der Waals surface area contributed by atoms with Crippen molar-refractivity contribution in [2.45, 2.75) is 19.3 Å². The lowest BCUT2D eigenvalue weighted by Crippen LogP contribution is -2.43. The van der Waals surface area contributed by atoms with Gasteiger partial charge in [0, 0.05) is 31.7 Å². The third-order valence-electron chi connectivity index (χ3n) is 5.68. The van der Waals surface area contributed by atoms with Crippen LogP contribution < -0.4 is 14.2 Å². The molecule has 0 spiro atoms. The first kappa shape index (κ1) is 22.7. The van der Waals surface area contributed by atoms with Gasteiger partial charge in [0.05, 0.1) is 13.2 Å². The monoisotopic (exact) mass is 437 g/mol. The molecule has 2 aliphatic heterocycles. The summed E-state index contributed by atoms with van der Waals surface area (Å²) in [6, 6.07) is 12.6. The van der Waals surface area contributed by atoms with Crippen LogP contribution in [0.2, 0.25) is 0 Å². The van der Waals surface area contributed by atoms with Gasteiger partial charge in [0.2, 0.25) is 6.79 Å². The molecule has 0 amide bonds. The highest BCUT2D eigenvalue weighted by atomic mass is 35.5. The number of likely N-dealkylation sites (tertiary alicyclic amines) is 1. The topological polar surface area (TPSA) is 40.2 Å². The lowest BCUT2D eigenvalue weighted by atomic mass is 9.81. The quantitative estimate of drug-likeness (QED) is 0.569. The van der Waals surface area contributed by atoms with Crippen molar-refractivity contribution in [3.8, 4) is 17.2 Å². The summed E-state index contributed by atoms with van der Waals surface area (Å²) in [5, 5.41) is 0. The van der Waals surface area contributed by atoms with Gasteiger partial charge in [0.25, 0.3) is 0 Å². The normalized spacial score (nSPS) is 20.6. The van der Waals surface area contributed by atoms with E-state index in [0.29, 0.717) is 18.4 Å². The van der Waals surface area contributed by atoms with E-state index < -0.39 is 0 Å². The van der Waals surface area contributed by atoms with Gasteiger partial charge in [-0.25, -0.2) is 4.39 Å². The van der Waals surface area contributed by atoms with E-state index in [-0.39, 0.29) is 25.0 Å². The zero-order valence-electron chi connectivity index (χ0n) is 17.2. The minimum Gasteiger partial charge on any atom is -0.493 e. The summed E-state index contributed by atoms with van der Waals surface area (Å²) in [5.74, 6) is 2.70. The van der Waals surface area contributed by atoms with Gasteiger partial charge < -0.3 is 23.8 Å². The standard InChI is InChI=1S/C23H28FNO4.ClH/c1-2-26-12-11-25-10-9-21(17-3-5-19(24)6-4-17)18(14-25)15-27-20-7-8-22-23(13-20)29-16-28-22;/h3-8,13,18,21H,2,9-12,14-16H2,1H3;1H/t18-,21-;/m1./s1. The van der Waals surface area contributed by atoms with Crippen LogP contribution in [0.4, 0.5) is 4.39 Å². The minimum atomic E-state index is -0.198. The van der Waals surface area contributed by atoms with E-state index in [9.17, 15) is 4.39 Å². The number of hydrogen-bond acceptors (Lipinski definition) is 5. The van der Waals surface area contributed by atoms with Gasteiger partial charge in [0.1, 0.15) is 11.6 Å². The molecule has 2 aliphatic rings. The van der Waals surface area contributed by atoms with Crippen LogP contribution in [-0.4, -0.2) is 51.1 Å². The van der Waals surface area contributed by atoms with Gasteiger partial charge in [-0.3, -0.25) is 0 Å². The summed E-state index contributed by atoms with van der Waals surface area (Å²) in [7, 11) is 0. The Morgan fingerprint density at radius 3 is 2.70 bits per heavy atom. The Balaban J connectivity index is 0.00000256. The molecular weight excluding hydrogens is 409 g/mol. The number of fused-ring (bicyclic) bond motifs is 1. The zero-order valence-corrected chi connectivity index (χ0v) is 18.0. The number of piperidine rings is 1. The predicted molar refractivity (Wildman–Crippen MR) is 115 cm³/mol. The highest BCUT2D eigenvalue weighted by Crippen LogP contribution is 2.37. The summed E-state index contributed by atoms with van der Waals surface area (Å²) < 4.78 is 35.9. The van der Waals surface area contributed by atoms with Gasteiger partial charge in [0.15, 0.2) is 11.5 Å². The van der Waals surface area contributed by atoms with E-state index in [1.165, 1.54) is 5.56 Å². The van der Waals surface area contributed by atoms with Gasteiger partial charge in [-0.15, -0.1) is 12.4 Å². The average molecular weight is 438 g/mol. The highest BCUT2D eigenvalue weighted by Gasteiger charge is 2.31. The lowest BCUT2D eigenvalue weighted by molar-refractivity contribution is 0.0705. The average Bonchev–Trinajstić information content (AvgIpc) is 3.21. The first-order valence-corrected chi connectivity index (χ1v) is 10.3. The van der Waals surface area contributed by atoms with E-state index in [1.807, 2.05) is 37.3 Å². The second-order valence-corrected chi connectivity index (χ2v) is 7.53. The number of rotatable bonds is 8. The first-order chi connectivity index (χ1) is 14.2. The Hall–Kier alpha value is -2.02. The smallest absolute Gasteiger partial charge is 0.231 e. The number of halogens is 2. The Labute approximate surface area is 183 Å². The molecule has 2 heterocycles. The molecule has 1 fully saturated rings. The maximum absolute atomic E-state index is 13.4. The molecule has 0 N–H and O–H groups in total. The molecule has 30 heavy (non-hydrogen) atoms. The van der Waals surface area contributed by atoms with Crippen molar-refractivity contribution in [2.75, 3.05) is 46.2 Å². The van der Waals surface area contributed by atoms with Crippen molar-refractivity contribution >= 4 is 12.4 Å². The first-order valence-electron chi connectivity index (χ1n) is 10.3. The largest absolute Gasteiger partial charge is 0.493 e. The van der Waals surface area contributed by atoms with E-state index in [1.54, 1.807) is 12.1 Å². The SMILES string of the molecule is CCOCCN1CC[C@H](c2ccc(F)cc2)[C@@H](COc2ccc3c(c2)OCO3)C1.Cl. The van der Waals surface area contributed by atoms with Crippen LogP contribution in [-0.2, 0) is 4.74 Å². The molecule has 1 saturated heterocycles. The summed E-state index contributed by atoms with van der Waals surface area (Å²) >= 11 is 0. The maximum atomic E-state index is 13.4. The molecule has 2 atom stereocenters. The fourth-order valence-corrected chi connectivity index (χ4v) is 4.14. The maximum Gasteiger partial charge on any atom is 0.231 e. The van der Waals surface area contributed by atoms with Crippen LogP contribution in [0.5, 0.6) is 17.2 Å². The van der Waals surface area contributed by atoms with Crippen LogP contribution in [0.25, 0.3) is 0 Å². The molecule has 5 nitrogen and oxygen atoms in total. The summed E-state index contributed by atoms with van der Waals surface area (Å²) in [6.45, 7) is 7.20. The lowest BCUT2D eigenvalue weighted by Gasteiger charge is -2.38. The number of benzene rings is 2. The highest BCUT2D eigenvalue weighted by molar-refractivity contribution is 5.85. The van der Waals surface area contributed by atoms with E-state index >= 15 is 0 Å². The summed E-state index contributed by atoms with van der Waals surface area (Å²) in [6.07, 6.45) is 1.02. The molecule has 0 aromatic heterocycles. The number of ether oxygens (including phenoxy) is 4. The third kappa shape index (κ3) is 5.56. The van der Waals surface area contributed by atoms with Gasteiger partial charge in [-0.2, -0.15) is 0 Å². The number of hydrogen-bond donors (Lipinski definition) is 0. The van der Waals surface area contributed by atoms with Gasteiger partial charge >= 0.3 is 0 Å². The van der Waals surface area contributed by atoms with Crippen molar-refractivity contribution in [3.05, 3.63) is 53.8 Å². The molecule has 0 saturated carbocycles. The second-order valence-electron chi connectivity index (χ2n) is 7.53. The van der Waals surface area contributed by atoms with Gasteiger partial charge in [-0.1, -0.05) is 12.1 Å². The Kier molecular flexibility index (Phi) is 8.19. The second kappa shape index (κ2) is 10.8. The van der Waals surface area contributed by atoms with Crippen molar-refractivity contribution in [1.82, 2.24) is 4.90 Å². The molecule has 0 aliphatic carbocycles. The van der Waals surface area contributed by atoms with Crippen molar-refractivity contribution in [2.24, 2.45) is 5.92 Å². The molecular formula is C23H29ClFNO4. The van der Waals surface area contributed by atoms with Crippen molar-refractivity contribution in [1.29, 1.82) is 0 Å². The van der Waals surface area contributed by atoms with Crippen LogP contribution in [0, 0.1) is 11.7 Å². The van der Waals surface area contributed by atoms with Crippen LogP contribution >= 0.6 is 12.4 Å². The van der Waals surface area contributed by atoms with Crippen LogP contribution in [0.15, 0.2) is 42.5 Å². The molecule has 164 valence electrons. The fourth-order valence-electron chi connectivity index (χ4n) is 4.14. The van der Waals surface area contributed by atoms with E-state index in [2.05, 4.69) is 4.90 Å².